The molecule has 162 valence electrons. The number of anilines is 1. The van der Waals surface area contributed by atoms with Gasteiger partial charge in [-0.25, -0.2) is 4.39 Å². The van der Waals surface area contributed by atoms with E-state index >= 15 is 0 Å². The van der Waals surface area contributed by atoms with Crippen LogP contribution in [-0.4, -0.2) is 32.3 Å². The zero-order valence-corrected chi connectivity index (χ0v) is 18.4. The van der Waals surface area contributed by atoms with Crippen molar-refractivity contribution in [2.24, 2.45) is 0 Å². The van der Waals surface area contributed by atoms with Crippen molar-refractivity contribution in [1.82, 2.24) is 20.1 Å². The molecular weight excluding hydrogens is 417 g/mol. The molecule has 1 heterocycles. The molecule has 0 saturated carbocycles. The predicted octanol–water partition coefficient (Wildman–Crippen LogP) is 3.71. The minimum atomic E-state index is -0.580. The van der Waals surface area contributed by atoms with Crippen molar-refractivity contribution >= 4 is 29.3 Å². The molecule has 2 aromatic carbocycles. The van der Waals surface area contributed by atoms with Gasteiger partial charge in [0, 0.05) is 12.2 Å². The van der Waals surface area contributed by atoms with Crippen molar-refractivity contribution in [2.45, 2.75) is 39.0 Å². The number of carbonyl (C=O) groups excluding carboxylic acids is 2. The monoisotopic (exact) mass is 441 g/mol. The molecule has 3 aromatic rings. The number of nitrogens with one attached hydrogen (secondary N) is 2. The highest BCUT2D eigenvalue weighted by Gasteiger charge is 2.16. The molecule has 7 nitrogen and oxygen atoms in total. The van der Waals surface area contributed by atoms with Gasteiger partial charge in [0.1, 0.15) is 5.82 Å². The Morgan fingerprint density at radius 2 is 1.90 bits per heavy atom. The maximum atomic E-state index is 13.8. The van der Waals surface area contributed by atoms with Gasteiger partial charge in [0.25, 0.3) is 5.91 Å². The fraction of sp³-hybridized carbons (Fsp3) is 0.273. The third-order valence-electron chi connectivity index (χ3n) is 4.63. The molecule has 0 fully saturated rings. The standard InChI is InChI=1S/C22H24FN5O2S/c1-4-28-19(12-24-21(30)16-7-5-6-8-17(16)23)26-27-22(28)31-13-20(29)25-18-11-14(2)9-10-15(18)3/h5-11H,4,12-13H2,1-3H3,(H,24,30)(H,25,29). The van der Waals surface area contributed by atoms with Crippen molar-refractivity contribution < 1.29 is 14.0 Å². The van der Waals surface area contributed by atoms with Crippen LogP contribution in [0.25, 0.3) is 0 Å². The maximum Gasteiger partial charge on any atom is 0.254 e. The van der Waals surface area contributed by atoms with E-state index in [9.17, 15) is 14.0 Å². The summed E-state index contributed by atoms with van der Waals surface area (Å²) in [6, 6.07) is 11.7. The van der Waals surface area contributed by atoms with Crippen molar-refractivity contribution in [1.29, 1.82) is 0 Å². The van der Waals surface area contributed by atoms with Gasteiger partial charge in [-0.1, -0.05) is 36.0 Å². The lowest BCUT2D eigenvalue weighted by atomic mass is 10.1. The van der Waals surface area contributed by atoms with Gasteiger partial charge in [0.05, 0.1) is 17.9 Å². The number of hydrogen-bond donors (Lipinski definition) is 2. The Morgan fingerprint density at radius 3 is 2.65 bits per heavy atom. The van der Waals surface area contributed by atoms with Crippen LogP contribution in [0.4, 0.5) is 10.1 Å². The van der Waals surface area contributed by atoms with Crippen molar-refractivity contribution in [3.63, 3.8) is 0 Å². The summed E-state index contributed by atoms with van der Waals surface area (Å²) in [5, 5.41) is 14.4. The molecule has 0 aliphatic heterocycles. The number of hydrogen-bond acceptors (Lipinski definition) is 5. The van der Waals surface area contributed by atoms with E-state index in [1.54, 1.807) is 6.07 Å². The molecule has 3 rings (SSSR count). The molecule has 31 heavy (non-hydrogen) atoms. The van der Waals surface area contributed by atoms with Gasteiger partial charge >= 0.3 is 0 Å². The molecule has 0 spiro atoms. The Labute approximate surface area is 184 Å². The van der Waals surface area contributed by atoms with E-state index < -0.39 is 11.7 Å². The molecular formula is C22H24FN5O2S. The lowest BCUT2D eigenvalue weighted by Gasteiger charge is -2.10. The van der Waals surface area contributed by atoms with Gasteiger partial charge in [0.2, 0.25) is 5.91 Å². The molecule has 0 radical (unpaired) electrons. The molecule has 0 aliphatic rings. The third-order valence-corrected chi connectivity index (χ3v) is 5.60. The van der Waals surface area contributed by atoms with Crippen LogP contribution in [0, 0.1) is 19.7 Å². The number of thioether (sulfide) groups is 1. The number of amides is 2. The second-order valence-electron chi connectivity index (χ2n) is 6.96. The molecule has 0 unspecified atom stereocenters. The molecule has 0 saturated heterocycles. The minimum absolute atomic E-state index is 0.0252. The van der Waals surface area contributed by atoms with Crippen LogP contribution in [0.15, 0.2) is 47.6 Å². The highest BCUT2D eigenvalue weighted by atomic mass is 32.2. The van der Waals surface area contributed by atoms with Crippen LogP contribution < -0.4 is 10.6 Å². The van der Waals surface area contributed by atoms with Crippen molar-refractivity contribution in [3.8, 4) is 0 Å². The van der Waals surface area contributed by atoms with Crippen LogP contribution in [0.2, 0.25) is 0 Å². The number of nitrogens with zero attached hydrogens (tertiary/aromatic N) is 3. The first-order valence-corrected chi connectivity index (χ1v) is 10.8. The zero-order chi connectivity index (χ0) is 22.4. The summed E-state index contributed by atoms with van der Waals surface area (Å²) in [6.07, 6.45) is 0. The summed E-state index contributed by atoms with van der Waals surface area (Å²) < 4.78 is 15.6. The second kappa shape index (κ2) is 10.2. The summed E-state index contributed by atoms with van der Waals surface area (Å²) in [4.78, 5) is 24.6. The van der Waals surface area contributed by atoms with E-state index in [0.717, 1.165) is 16.8 Å². The third kappa shape index (κ3) is 5.69. The van der Waals surface area contributed by atoms with E-state index in [-0.39, 0.29) is 23.8 Å². The lowest BCUT2D eigenvalue weighted by Crippen LogP contribution is -2.25. The maximum absolute atomic E-state index is 13.8. The van der Waals surface area contributed by atoms with Crippen molar-refractivity contribution in [2.75, 3.05) is 11.1 Å². The predicted molar refractivity (Wildman–Crippen MR) is 119 cm³/mol. The van der Waals surface area contributed by atoms with Crippen LogP contribution in [-0.2, 0) is 17.9 Å². The fourth-order valence-corrected chi connectivity index (χ4v) is 3.78. The smallest absolute Gasteiger partial charge is 0.254 e. The number of aryl methyl sites for hydroxylation is 2. The normalized spacial score (nSPS) is 10.7. The van der Waals surface area contributed by atoms with Gasteiger partial charge in [0.15, 0.2) is 11.0 Å². The van der Waals surface area contributed by atoms with Crippen LogP contribution in [0.3, 0.4) is 0 Å². The first-order valence-electron chi connectivity index (χ1n) is 9.83. The van der Waals surface area contributed by atoms with E-state index in [2.05, 4.69) is 20.8 Å². The molecule has 2 N–H and O–H groups in total. The lowest BCUT2D eigenvalue weighted by molar-refractivity contribution is -0.113. The fourth-order valence-electron chi connectivity index (χ4n) is 2.96. The van der Waals surface area contributed by atoms with Gasteiger partial charge in [-0.3, -0.25) is 9.59 Å². The Balaban J connectivity index is 1.59. The number of aromatic nitrogens is 3. The SMILES string of the molecule is CCn1c(CNC(=O)c2ccccc2F)nnc1SCC(=O)Nc1cc(C)ccc1C. The first-order chi connectivity index (χ1) is 14.9. The van der Waals surface area contributed by atoms with E-state index in [1.165, 1.54) is 30.0 Å². The largest absolute Gasteiger partial charge is 0.345 e. The van der Waals surface area contributed by atoms with Gasteiger partial charge in [-0.15, -0.1) is 10.2 Å². The Bertz CT molecular complexity index is 1100. The molecule has 9 heteroatoms. The van der Waals surface area contributed by atoms with Crippen molar-refractivity contribution in [3.05, 3.63) is 70.8 Å². The summed E-state index contributed by atoms with van der Waals surface area (Å²) in [7, 11) is 0. The summed E-state index contributed by atoms with van der Waals surface area (Å²) in [5.41, 5.74) is 2.83. The van der Waals surface area contributed by atoms with Gasteiger partial charge in [-0.2, -0.15) is 0 Å². The molecule has 2 amide bonds. The summed E-state index contributed by atoms with van der Waals surface area (Å²) in [5.74, 6) is -0.537. The van der Waals surface area contributed by atoms with Crippen LogP contribution in [0.5, 0.6) is 0 Å². The number of halogens is 1. The zero-order valence-electron chi connectivity index (χ0n) is 17.6. The quantitative estimate of drug-likeness (QED) is 0.520. The van der Waals surface area contributed by atoms with E-state index in [1.807, 2.05) is 43.5 Å². The topological polar surface area (TPSA) is 88.9 Å². The van der Waals surface area contributed by atoms with Gasteiger partial charge in [-0.05, 0) is 50.1 Å². The Hall–Kier alpha value is -3.20. The number of carbonyl (C=O) groups is 2. The average Bonchev–Trinajstić information content (AvgIpc) is 3.15. The molecule has 0 atom stereocenters. The number of benzene rings is 2. The highest BCUT2D eigenvalue weighted by molar-refractivity contribution is 7.99. The molecule has 0 aliphatic carbocycles. The average molecular weight is 442 g/mol. The minimum Gasteiger partial charge on any atom is -0.345 e. The molecule has 0 bridgehead atoms. The summed E-state index contributed by atoms with van der Waals surface area (Å²) in [6.45, 7) is 6.51. The van der Waals surface area contributed by atoms with Gasteiger partial charge < -0.3 is 15.2 Å². The molecule has 1 aromatic heterocycles. The van der Waals surface area contributed by atoms with Crippen LogP contribution >= 0.6 is 11.8 Å². The first kappa shape index (κ1) is 22.5. The highest BCUT2D eigenvalue weighted by Crippen LogP contribution is 2.20. The Kier molecular flexibility index (Phi) is 7.41. The van der Waals surface area contributed by atoms with Crippen LogP contribution in [0.1, 0.15) is 34.2 Å². The second-order valence-corrected chi connectivity index (χ2v) is 7.90. The number of rotatable bonds is 8. The van der Waals surface area contributed by atoms with E-state index in [4.69, 9.17) is 0 Å². The van der Waals surface area contributed by atoms with E-state index in [0.29, 0.717) is 17.5 Å². The summed E-state index contributed by atoms with van der Waals surface area (Å²) >= 11 is 1.27. The Morgan fingerprint density at radius 1 is 1.13 bits per heavy atom.